The molecule has 124 valence electrons. The van der Waals surface area contributed by atoms with Gasteiger partial charge in [-0.3, -0.25) is 4.79 Å². The van der Waals surface area contributed by atoms with Crippen LogP contribution in [-0.2, 0) is 0 Å². The number of thiophene rings is 1. The van der Waals surface area contributed by atoms with Crippen LogP contribution in [0.3, 0.4) is 0 Å². The lowest BCUT2D eigenvalue weighted by Crippen LogP contribution is -2.26. The Morgan fingerprint density at radius 1 is 1.12 bits per heavy atom. The van der Waals surface area contributed by atoms with Crippen LogP contribution < -0.4 is 4.90 Å². The van der Waals surface area contributed by atoms with Gasteiger partial charge in [0.1, 0.15) is 0 Å². The highest BCUT2D eigenvalue weighted by molar-refractivity contribution is 7.13. The van der Waals surface area contributed by atoms with Crippen molar-refractivity contribution in [1.29, 1.82) is 0 Å². The fourth-order valence-corrected chi connectivity index (χ4v) is 3.11. The molecular weight excluding hydrogens is 338 g/mol. The topological polar surface area (TPSA) is 72.4 Å². The molecule has 0 unspecified atom stereocenters. The lowest BCUT2D eigenvalue weighted by Gasteiger charge is -2.18. The monoisotopic (exact) mass is 351 g/mol. The maximum absolute atomic E-state index is 12.5. The van der Waals surface area contributed by atoms with E-state index in [2.05, 4.69) is 10.1 Å². The molecule has 3 aromatic heterocycles. The molecule has 0 spiro atoms. The van der Waals surface area contributed by atoms with Crippen LogP contribution in [0.4, 0.5) is 5.69 Å². The number of para-hydroxylation sites is 1. The van der Waals surface area contributed by atoms with Gasteiger partial charge in [0, 0.05) is 7.05 Å². The molecule has 0 atom stereocenters. The Hall–Kier alpha value is -3.19. The third kappa shape index (κ3) is 2.85. The fourth-order valence-electron chi connectivity index (χ4n) is 2.46. The number of furan rings is 1. The number of hydrogen-bond acceptors (Lipinski definition) is 6. The molecule has 0 aliphatic carbocycles. The van der Waals surface area contributed by atoms with Crippen LogP contribution in [0.15, 0.2) is 69.1 Å². The van der Waals surface area contributed by atoms with E-state index in [4.69, 9.17) is 8.94 Å². The number of carbonyl (C=O) groups excluding carboxylic acids is 1. The summed E-state index contributed by atoms with van der Waals surface area (Å²) in [5, 5.41) is 5.99. The van der Waals surface area contributed by atoms with Gasteiger partial charge in [-0.15, -0.1) is 11.3 Å². The molecule has 4 rings (SSSR count). The zero-order chi connectivity index (χ0) is 17.2. The van der Waals surface area contributed by atoms with Crippen molar-refractivity contribution < 1.29 is 13.7 Å². The number of nitrogens with zero attached hydrogens (tertiary/aromatic N) is 3. The van der Waals surface area contributed by atoms with Crippen molar-refractivity contribution in [3.63, 3.8) is 0 Å². The summed E-state index contributed by atoms with van der Waals surface area (Å²) in [4.78, 5) is 19.4. The minimum Gasteiger partial charge on any atom is -0.459 e. The van der Waals surface area contributed by atoms with Crippen LogP contribution >= 0.6 is 11.3 Å². The minimum absolute atomic E-state index is 0.254. The molecule has 0 aliphatic heterocycles. The van der Waals surface area contributed by atoms with Crippen molar-refractivity contribution in [1.82, 2.24) is 10.1 Å². The first-order chi connectivity index (χ1) is 12.2. The van der Waals surface area contributed by atoms with Gasteiger partial charge < -0.3 is 13.8 Å². The van der Waals surface area contributed by atoms with Gasteiger partial charge in [0.05, 0.1) is 22.4 Å². The Morgan fingerprint density at radius 3 is 2.76 bits per heavy atom. The molecule has 4 aromatic rings. The quantitative estimate of drug-likeness (QED) is 0.547. The van der Waals surface area contributed by atoms with Crippen LogP contribution in [0.25, 0.3) is 22.2 Å². The van der Waals surface area contributed by atoms with Crippen molar-refractivity contribution in [3.8, 4) is 22.2 Å². The molecule has 0 saturated carbocycles. The number of aromatic nitrogens is 2. The van der Waals surface area contributed by atoms with Gasteiger partial charge in [-0.05, 0) is 35.7 Å². The van der Waals surface area contributed by atoms with E-state index >= 15 is 0 Å². The molecule has 0 aliphatic rings. The first-order valence-electron chi connectivity index (χ1n) is 7.52. The average Bonchev–Trinajstić information content (AvgIpc) is 3.42. The van der Waals surface area contributed by atoms with Crippen LogP contribution in [-0.4, -0.2) is 23.1 Å². The highest BCUT2D eigenvalue weighted by atomic mass is 32.1. The molecule has 1 amide bonds. The Kier molecular flexibility index (Phi) is 3.91. The summed E-state index contributed by atoms with van der Waals surface area (Å²) in [6, 6.07) is 14.5. The molecule has 0 N–H and O–H groups in total. The van der Waals surface area contributed by atoms with E-state index in [1.807, 2.05) is 41.8 Å². The van der Waals surface area contributed by atoms with Crippen LogP contribution in [0, 0.1) is 0 Å². The number of benzene rings is 1. The Balaban J connectivity index is 1.71. The molecule has 0 bridgehead atoms. The second kappa shape index (κ2) is 6.37. The largest absolute Gasteiger partial charge is 0.459 e. The van der Waals surface area contributed by atoms with Gasteiger partial charge in [-0.25, -0.2) is 0 Å². The summed E-state index contributed by atoms with van der Waals surface area (Å²) in [7, 11) is 1.68. The lowest BCUT2D eigenvalue weighted by molar-refractivity contribution is 0.0966. The lowest BCUT2D eigenvalue weighted by atomic mass is 10.1. The summed E-state index contributed by atoms with van der Waals surface area (Å²) >= 11 is 1.54. The standard InChI is InChI=1S/C18H13N3O3S/c1-21(18(22)14-8-4-10-23-14)13-7-3-2-6-12(13)17-19-16(20-24-17)15-9-5-11-25-15/h2-11H,1H3. The van der Waals surface area contributed by atoms with Crippen LogP contribution in [0.2, 0.25) is 0 Å². The second-order valence-corrected chi connectivity index (χ2v) is 6.21. The SMILES string of the molecule is CN(C(=O)c1ccco1)c1ccccc1-c1nc(-c2cccs2)no1. The third-order valence-electron chi connectivity index (χ3n) is 3.70. The summed E-state index contributed by atoms with van der Waals surface area (Å²) in [5.41, 5.74) is 1.34. The molecule has 25 heavy (non-hydrogen) atoms. The average molecular weight is 351 g/mol. The zero-order valence-electron chi connectivity index (χ0n) is 13.2. The van der Waals surface area contributed by atoms with Gasteiger partial charge in [0.25, 0.3) is 11.8 Å². The highest BCUT2D eigenvalue weighted by Gasteiger charge is 2.21. The molecular formula is C18H13N3O3S. The van der Waals surface area contributed by atoms with Crippen molar-refractivity contribution in [2.75, 3.05) is 11.9 Å². The molecule has 1 aromatic carbocycles. The van der Waals surface area contributed by atoms with E-state index < -0.39 is 0 Å². The van der Waals surface area contributed by atoms with E-state index in [1.54, 1.807) is 19.2 Å². The normalized spacial score (nSPS) is 10.8. The Morgan fingerprint density at radius 2 is 2.00 bits per heavy atom. The van der Waals surface area contributed by atoms with E-state index in [0.29, 0.717) is 23.0 Å². The molecule has 0 radical (unpaired) electrons. The van der Waals surface area contributed by atoms with Crippen molar-refractivity contribution in [3.05, 3.63) is 65.9 Å². The molecule has 6 nitrogen and oxygen atoms in total. The van der Waals surface area contributed by atoms with Crippen molar-refractivity contribution in [2.24, 2.45) is 0 Å². The number of amides is 1. The van der Waals surface area contributed by atoms with Crippen molar-refractivity contribution in [2.45, 2.75) is 0 Å². The number of rotatable bonds is 4. The van der Waals surface area contributed by atoms with Gasteiger partial charge in [-0.2, -0.15) is 4.98 Å². The molecule has 0 fully saturated rings. The van der Waals surface area contributed by atoms with Gasteiger partial charge in [-0.1, -0.05) is 23.4 Å². The zero-order valence-corrected chi connectivity index (χ0v) is 14.1. The Labute approximate surface area is 147 Å². The first kappa shape index (κ1) is 15.3. The fraction of sp³-hybridized carbons (Fsp3) is 0.0556. The second-order valence-electron chi connectivity index (χ2n) is 5.26. The first-order valence-corrected chi connectivity index (χ1v) is 8.40. The van der Waals surface area contributed by atoms with E-state index in [1.165, 1.54) is 22.5 Å². The predicted molar refractivity (Wildman–Crippen MR) is 94.5 cm³/mol. The minimum atomic E-state index is -0.254. The third-order valence-corrected chi connectivity index (χ3v) is 4.57. The van der Waals surface area contributed by atoms with E-state index in [-0.39, 0.29) is 11.7 Å². The molecule has 7 heteroatoms. The van der Waals surface area contributed by atoms with Crippen LogP contribution in [0.1, 0.15) is 10.6 Å². The molecule has 0 saturated heterocycles. The summed E-state index contributed by atoms with van der Waals surface area (Å²) < 4.78 is 10.6. The summed E-state index contributed by atoms with van der Waals surface area (Å²) in [6.07, 6.45) is 1.47. The van der Waals surface area contributed by atoms with Gasteiger partial charge in [0.2, 0.25) is 5.82 Å². The predicted octanol–water partition coefficient (Wildman–Crippen LogP) is 4.33. The number of hydrogen-bond donors (Lipinski definition) is 0. The maximum atomic E-state index is 12.5. The van der Waals surface area contributed by atoms with Crippen LogP contribution in [0.5, 0.6) is 0 Å². The summed E-state index contributed by atoms with van der Waals surface area (Å²) in [5.74, 6) is 0.899. The molecule has 3 heterocycles. The van der Waals surface area contributed by atoms with Crippen molar-refractivity contribution >= 4 is 22.9 Å². The van der Waals surface area contributed by atoms with Gasteiger partial charge in [0.15, 0.2) is 5.76 Å². The number of anilines is 1. The highest BCUT2D eigenvalue weighted by Crippen LogP contribution is 2.32. The van der Waals surface area contributed by atoms with E-state index in [0.717, 1.165) is 4.88 Å². The maximum Gasteiger partial charge on any atom is 0.293 e. The van der Waals surface area contributed by atoms with Gasteiger partial charge >= 0.3 is 0 Å². The van der Waals surface area contributed by atoms with E-state index in [9.17, 15) is 4.79 Å². The number of carbonyl (C=O) groups is 1. The summed E-state index contributed by atoms with van der Waals surface area (Å²) in [6.45, 7) is 0. The Bertz CT molecular complexity index is 990. The smallest absolute Gasteiger partial charge is 0.293 e.